The highest BCUT2D eigenvalue weighted by atomic mass is 35.5. The average Bonchev–Trinajstić information content (AvgIpc) is 3.06. The lowest BCUT2D eigenvalue weighted by Gasteiger charge is -2.14. The van der Waals surface area contributed by atoms with Crippen molar-refractivity contribution in [2.24, 2.45) is 5.92 Å². The number of aromatic nitrogens is 2. The van der Waals surface area contributed by atoms with Crippen molar-refractivity contribution in [2.75, 3.05) is 6.54 Å². The Kier molecular flexibility index (Phi) is 7.57. The number of carbonyl (C=O) groups is 1. The first-order chi connectivity index (χ1) is 14.0. The number of fused-ring (bicyclic) bond motifs is 1. The van der Waals surface area contributed by atoms with E-state index in [1.54, 1.807) is 0 Å². The van der Waals surface area contributed by atoms with E-state index in [0.717, 1.165) is 48.1 Å². The van der Waals surface area contributed by atoms with E-state index in [1.165, 1.54) is 0 Å². The van der Waals surface area contributed by atoms with Gasteiger partial charge >= 0.3 is 0 Å². The molecular formula is C23H27Cl2N3O. The molecule has 0 unspecified atom stereocenters. The molecule has 1 N–H and O–H groups in total. The molecule has 4 nitrogen and oxygen atoms in total. The minimum Gasteiger partial charge on any atom is -0.356 e. The first-order valence-electron chi connectivity index (χ1n) is 10.2. The van der Waals surface area contributed by atoms with E-state index in [4.69, 9.17) is 28.2 Å². The Morgan fingerprint density at radius 1 is 1.07 bits per heavy atom. The third-order valence-corrected chi connectivity index (χ3v) is 6.05. The molecule has 0 radical (unpaired) electrons. The molecule has 1 amide bonds. The number of aryl methyl sites for hydroxylation is 1. The number of hydrogen-bond acceptors (Lipinski definition) is 2. The summed E-state index contributed by atoms with van der Waals surface area (Å²) in [5.74, 6) is 1.22. The monoisotopic (exact) mass is 431 g/mol. The normalized spacial score (nSPS) is 11.3. The predicted molar refractivity (Wildman–Crippen MR) is 121 cm³/mol. The molecule has 0 saturated heterocycles. The third kappa shape index (κ3) is 5.12. The summed E-state index contributed by atoms with van der Waals surface area (Å²) in [6, 6.07) is 13.6. The van der Waals surface area contributed by atoms with Crippen molar-refractivity contribution in [3.63, 3.8) is 0 Å². The van der Waals surface area contributed by atoms with E-state index in [1.807, 2.05) is 36.4 Å². The highest BCUT2D eigenvalue weighted by Crippen LogP contribution is 2.27. The Bertz CT molecular complexity index is 959. The third-order valence-electron chi connectivity index (χ3n) is 5.34. The fourth-order valence-corrected chi connectivity index (χ4v) is 4.11. The summed E-state index contributed by atoms with van der Waals surface area (Å²) < 4.78 is 2.17. The maximum Gasteiger partial charge on any atom is 0.223 e. The molecule has 1 heterocycles. The molecule has 3 aromatic rings. The molecule has 0 aliphatic heterocycles. The van der Waals surface area contributed by atoms with Crippen molar-refractivity contribution in [1.29, 1.82) is 0 Å². The molecule has 0 aliphatic carbocycles. The lowest BCUT2D eigenvalue weighted by atomic mass is 10.0. The largest absolute Gasteiger partial charge is 0.356 e. The van der Waals surface area contributed by atoms with Gasteiger partial charge < -0.3 is 9.88 Å². The highest BCUT2D eigenvalue weighted by molar-refractivity contribution is 6.36. The van der Waals surface area contributed by atoms with Crippen molar-refractivity contribution in [2.45, 2.75) is 46.1 Å². The number of rotatable bonds is 9. The number of hydrogen-bond donors (Lipinski definition) is 1. The van der Waals surface area contributed by atoms with E-state index in [9.17, 15) is 4.79 Å². The van der Waals surface area contributed by atoms with Crippen LogP contribution in [-0.4, -0.2) is 22.0 Å². The topological polar surface area (TPSA) is 46.9 Å². The number of benzene rings is 2. The highest BCUT2D eigenvalue weighted by Gasteiger charge is 2.15. The zero-order valence-electron chi connectivity index (χ0n) is 16.9. The lowest BCUT2D eigenvalue weighted by Crippen LogP contribution is -2.31. The quantitative estimate of drug-likeness (QED) is 0.430. The van der Waals surface area contributed by atoms with Crippen molar-refractivity contribution in [3.8, 4) is 0 Å². The van der Waals surface area contributed by atoms with Gasteiger partial charge in [0.15, 0.2) is 0 Å². The number of halogens is 2. The Hall–Kier alpha value is -2.04. The van der Waals surface area contributed by atoms with Crippen LogP contribution in [0.3, 0.4) is 0 Å². The van der Waals surface area contributed by atoms with Crippen LogP contribution in [0.4, 0.5) is 0 Å². The van der Waals surface area contributed by atoms with E-state index in [-0.39, 0.29) is 11.8 Å². The number of nitrogens with one attached hydrogen (secondary N) is 1. The van der Waals surface area contributed by atoms with Gasteiger partial charge in [0.25, 0.3) is 0 Å². The van der Waals surface area contributed by atoms with Gasteiger partial charge in [-0.1, -0.05) is 55.2 Å². The number of nitrogens with zero attached hydrogens (tertiary/aromatic N) is 2. The van der Waals surface area contributed by atoms with Gasteiger partial charge in [0.2, 0.25) is 5.91 Å². The van der Waals surface area contributed by atoms with Gasteiger partial charge in [-0.2, -0.15) is 0 Å². The van der Waals surface area contributed by atoms with Crippen LogP contribution < -0.4 is 5.32 Å². The molecule has 6 heteroatoms. The van der Waals surface area contributed by atoms with Crippen LogP contribution in [0.2, 0.25) is 10.0 Å². The number of imidazole rings is 1. The molecular weight excluding hydrogens is 405 g/mol. The molecule has 3 rings (SSSR count). The summed E-state index contributed by atoms with van der Waals surface area (Å²) in [7, 11) is 0. The SMILES string of the molecule is CCC(CC)C(=O)NCCCc1nc2ccccc2n1Cc1c(Cl)cccc1Cl. The Morgan fingerprint density at radius 2 is 1.76 bits per heavy atom. The summed E-state index contributed by atoms with van der Waals surface area (Å²) in [6.07, 6.45) is 3.33. The second kappa shape index (κ2) is 10.1. The molecule has 0 spiro atoms. The summed E-state index contributed by atoms with van der Waals surface area (Å²) in [6.45, 7) is 5.31. The van der Waals surface area contributed by atoms with Gasteiger partial charge in [0.05, 0.1) is 17.6 Å². The van der Waals surface area contributed by atoms with Crippen LogP contribution in [0.15, 0.2) is 42.5 Å². The second-order valence-corrected chi connectivity index (χ2v) is 8.03. The van der Waals surface area contributed by atoms with E-state index in [0.29, 0.717) is 23.1 Å². The van der Waals surface area contributed by atoms with Crippen molar-refractivity contribution >= 4 is 40.1 Å². The van der Waals surface area contributed by atoms with Gasteiger partial charge in [0.1, 0.15) is 5.82 Å². The van der Waals surface area contributed by atoms with Crippen molar-refractivity contribution in [3.05, 3.63) is 63.9 Å². The van der Waals surface area contributed by atoms with Crippen LogP contribution in [0.25, 0.3) is 11.0 Å². The Balaban J connectivity index is 1.76. The second-order valence-electron chi connectivity index (χ2n) is 7.21. The average molecular weight is 432 g/mol. The maximum atomic E-state index is 12.2. The van der Waals surface area contributed by atoms with E-state index < -0.39 is 0 Å². The molecule has 0 aliphatic rings. The van der Waals surface area contributed by atoms with E-state index >= 15 is 0 Å². The first kappa shape index (κ1) is 21.7. The minimum absolute atomic E-state index is 0.0990. The smallest absolute Gasteiger partial charge is 0.223 e. The standard InChI is InChI=1S/C23H27Cl2N3O/c1-3-16(4-2)23(29)26-14-8-13-22-27-20-11-5-6-12-21(20)28(22)15-17-18(24)9-7-10-19(17)25/h5-7,9-12,16H,3-4,8,13-15H2,1-2H3,(H,26,29). The zero-order valence-corrected chi connectivity index (χ0v) is 18.4. The molecule has 1 aromatic heterocycles. The number of carbonyl (C=O) groups excluding carboxylic acids is 1. The minimum atomic E-state index is 0.0990. The fraction of sp³-hybridized carbons (Fsp3) is 0.391. The molecule has 2 aromatic carbocycles. The van der Waals surface area contributed by atoms with Crippen LogP contribution in [0.1, 0.15) is 44.5 Å². The summed E-state index contributed by atoms with van der Waals surface area (Å²) in [4.78, 5) is 17.0. The van der Waals surface area contributed by atoms with E-state index in [2.05, 4.69) is 29.8 Å². The first-order valence-corrected chi connectivity index (χ1v) is 11.0. The fourth-order valence-electron chi connectivity index (χ4n) is 3.60. The molecule has 0 fully saturated rings. The molecule has 154 valence electrons. The molecule has 0 saturated carbocycles. The Morgan fingerprint density at radius 3 is 2.45 bits per heavy atom. The van der Waals surface area contributed by atoms with Gasteiger partial charge in [-0.25, -0.2) is 4.98 Å². The van der Waals surface area contributed by atoms with Gasteiger partial charge in [0, 0.05) is 34.5 Å². The summed E-state index contributed by atoms with van der Waals surface area (Å²) >= 11 is 12.8. The summed E-state index contributed by atoms with van der Waals surface area (Å²) in [5, 5.41) is 4.36. The zero-order chi connectivity index (χ0) is 20.8. The van der Waals surface area contributed by atoms with Crippen LogP contribution in [0, 0.1) is 5.92 Å². The molecule has 0 atom stereocenters. The van der Waals surface area contributed by atoms with Crippen LogP contribution in [-0.2, 0) is 17.8 Å². The van der Waals surface area contributed by atoms with Crippen molar-refractivity contribution < 1.29 is 4.79 Å². The van der Waals surface area contributed by atoms with Gasteiger partial charge in [-0.15, -0.1) is 0 Å². The number of para-hydroxylation sites is 2. The maximum absolute atomic E-state index is 12.2. The van der Waals surface area contributed by atoms with Crippen molar-refractivity contribution in [1.82, 2.24) is 14.9 Å². The number of amides is 1. The molecule has 29 heavy (non-hydrogen) atoms. The predicted octanol–water partition coefficient (Wildman–Crippen LogP) is 5.88. The molecule has 0 bridgehead atoms. The lowest BCUT2D eigenvalue weighted by molar-refractivity contribution is -0.125. The van der Waals surface area contributed by atoms with Crippen LogP contribution >= 0.6 is 23.2 Å². The Labute approximate surface area is 182 Å². The van der Waals surface area contributed by atoms with Crippen LogP contribution in [0.5, 0.6) is 0 Å². The van der Waals surface area contributed by atoms with Gasteiger partial charge in [-0.3, -0.25) is 4.79 Å². The summed E-state index contributed by atoms with van der Waals surface area (Å²) in [5.41, 5.74) is 2.90. The van der Waals surface area contributed by atoms with Gasteiger partial charge in [-0.05, 0) is 43.5 Å².